The molecule has 0 bridgehead atoms. The average Bonchev–Trinajstić information content (AvgIpc) is 2.47. The number of amides is 2. The molecular weight excluding hydrogens is 206 g/mol. The van der Waals surface area contributed by atoms with E-state index in [1.165, 1.54) is 0 Å². The third-order valence-electron chi connectivity index (χ3n) is 3.02. The van der Waals surface area contributed by atoms with Crippen molar-refractivity contribution in [2.75, 3.05) is 5.75 Å². The van der Waals surface area contributed by atoms with Gasteiger partial charge in [-0.1, -0.05) is 0 Å². The zero-order valence-electron chi connectivity index (χ0n) is 7.65. The number of carbonyl (C=O) groups excluding carboxylic acids is 1. The number of nitrogens with one attached hydrogen (secondary N) is 1. The maximum Gasteiger partial charge on any atom is 0.343 e. The summed E-state index contributed by atoms with van der Waals surface area (Å²) in [5.41, 5.74) is 4.63. The average molecular weight is 217 g/mol. The Morgan fingerprint density at radius 3 is 2.64 bits per heavy atom. The maximum atomic E-state index is 11.5. The van der Waals surface area contributed by atoms with Crippen molar-refractivity contribution in [2.45, 2.75) is 24.1 Å². The van der Waals surface area contributed by atoms with Gasteiger partial charge in [-0.3, -0.25) is 0 Å². The van der Waals surface area contributed by atoms with Crippen LogP contribution in [-0.2, 0) is 9.84 Å². The van der Waals surface area contributed by atoms with Crippen LogP contribution in [0.15, 0.2) is 4.99 Å². The standard InChI is InChI=1S/C7H11N3O3S/c1-4-7(2-3-14(4,12)13)5(8)9-6(11)10-7/h4H,2-3H2,1H3,(H3,8,9,10,11). The SMILES string of the molecule is CC1C2(CCS1(=O)=O)NC(=O)N=C2N. The van der Waals surface area contributed by atoms with Crippen molar-refractivity contribution in [3.05, 3.63) is 0 Å². The van der Waals surface area contributed by atoms with E-state index in [0.717, 1.165) is 0 Å². The van der Waals surface area contributed by atoms with Crippen molar-refractivity contribution < 1.29 is 13.2 Å². The zero-order valence-corrected chi connectivity index (χ0v) is 8.47. The quantitative estimate of drug-likeness (QED) is 0.544. The molecule has 6 nitrogen and oxygen atoms in total. The second kappa shape index (κ2) is 2.47. The van der Waals surface area contributed by atoms with Gasteiger partial charge in [-0.05, 0) is 13.3 Å². The molecule has 1 fully saturated rings. The van der Waals surface area contributed by atoms with E-state index in [2.05, 4.69) is 10.3 Å². The summed E-state index contributed by atoms with van der Waals surface area (Å²) in [6, 6.07) is -0.550. The molecule has 2 amide bonds. The third-order valence-corrected chi connectivity index (χ3v) is 5.28. The van der Waals surface area contributed by atoms with Gasteiger partial charge >= 0.3 is 6.03 Å². The monoisotopic (exact) mass is 217 g/mol. The molecule has 2 aliphatic heterocycles. The summed E-state index contributed by atoms with van der Waals surface area (Å²) in [7, 11) is -3.15. The fraction of sp³-hybridized carbons (Fsp3) is 0.714. The predicted octanol–water partition coefficient (Wildman–Crippen LogP) is -0.987. The van der Waals surface area contributed by atoms with Crippen LogP contribution in [0.3, 0.4) is 0 Å². The Kier molecular flexibility index (Phi) is 1.67. The Bertz CT molecular complexity index is 427. The summed E-state index contributed by atoms with van der Waals surface area (Å²) < 4.78 is 23.0. The van der Waals surface area contributed by atoms with Crippen LogP contribution in [0.2, 0.25) is 0 Å². The maximum absolute atomic E-state index is 11.5. The molecule has 2 heterocycles. The molecule has 0 aromatic heterocycles. The summed E-state index contributed by atoms with van der Waals surface area (Å²) in [4.78, 5) is 14.5. The molecule has 2 aliphatic rings. The van der Waals surface area contributed by atoms with E-state index in [4.69, 9.17) is 5.73 Å². The van der Waals surface area contributed by atoms with Crippen LogP contribution in [0.25, 0.3) is 0 Å². The van der Waals surface area contributed by atoms with Crippen molar-refractivity contribution in [3.8, 4) is 0 Å². The van der Waals surface area contributed by atoms with Gasteiger partial charge < -0.3 is 11.1 Å². The highest BCUT2D eigenvalue weighted by molar-refractivity contribution is 7.92. The number of nitrogens with zero attached hydrogens (tertiary/aromatic N) is 1. The Labute approximate surface area is 81.5 Å². The zero-order chi connectivity index (χ0) is 10.6. The number of hydrogen-bond acceptors (Lipinski definition) is 4. The highest BCUT2D eigenvalue weighted by Gasteiger charge is 2.55. The van der Waals surface area contributed by atoms with E-state index in [1.54, 1.807) is 6.92 Å². The molecule has 3 N–H and O–H groups in total. The molecular formula is C7H11N3O3S. The van der Waals surface area contributed by atoms with Crippen molar-refractivity contribution in [1.82, 2.24) is 5.32 Å². The molecule has 0 radical (unpaired) electrons. The lowest BCUT2D eigenvalue weighted by molar-refractivity contribution is 0.246. The van der Waals surface area contributed by atoms with Crippen molar-refractivity contribution in [3.63, 3.8) is 0 Å². The van der Waals surface area contributed by atoms with Crippen molar-refractivity contribution in [2.24, 2.45) is 10.7 Å². The van der Waals surface area contributed by atoms with E-state index in [1.807, 2.05) is 0 Å². The van der Waals surface area contributed by atoms with Gasteiger partial charge in [0.25, 0.3) is 0 Å². The highest BCUT2D eigenvalue weighted by Crippen LogP contribution is 2.33. The molecule has 0 aromatic rings. The Morgan fingerprint density at radius 2 is 2.29 bits per heavy atom. The molecule has 14 heavy (non-hydrogen) atoms. The Balaban J connectivity index is 2.47. The first-order valence-electron chi connectivity index (χ1n) is 4.27. The van der Waals surface area contributed by atoms with Crippen LogP contribution in [0.1, 0.15) is 13.3 Å². The lowest BCUT2D eigenvalue weighted by atomic mass is 9.92. The summed E-state index contributed by atoms with van der Waals surface area (Å²) in [5, 5.41) is 1.85. The molecule has 1 spiro atoms. The fourth-order valence-electron chi connectivity index (χ4n) is 1.98. The number of amidine groups is 1. The molecule has 2 atom stereocenters. The number of aliphatic imine (C=N–C) groups is 1. The molecule has 2 unspecified atom stereocenters. The van der Waals surface area contributed by atoms with Gasteiger partial charge in [0, 0.05) is 0 Å². The van der Waals surface area contributed by atoms with Gasteiger partial charge in [-0.25, -0.2) is 13.2 Å². The summed E-state index contributed by atoms with van der Waals surface area (Å²) in [5.74, 6) is 0.140. The lowest BCUT2D eigenvalue weighted by Gasteiger charge is -2.26. The second-order valence-corrected chi connectivity index (χ2v) is 6.10. The summed E-state index contributed by atoms with van der Waals surface area (Å²) in [6.45, 7) is 1.55. The number of nitrogens with two attached hydrogens (primary N) is 1. The first kappa shape index (κ1) is 9.45. The number of sulfone groups is 1. The molecule has 0 aromatic carbocycles. The van der Waals surface area contributed by atoms with Gasteiger partial charge in [0.15, 0.2) is 9.84 Å². The minimum atomic E-state index is -3.15. The first-order chi connectivity index (χ1) is 6.38. The Morgan fingerprint density at radius 1 is 1.64 bits per heavy atom. The summed E-state index contributed by atoms with van der Waals surface area (Å²) >= 11 is 0. The summed E-state index contributed by atoms with van der Waals surface area (Å²) in [6.07, 6.45) is 0.317. The molecule has 78 valence electrons. The Hall–Kier alpha value is -1.11. The fourth-order valence-corrected chi connectivity index (χ4v) is 3.85. The van der Waals surface area contributed by atoms with Crippen LogP contribution in [0, 0.1) is 0 Å². The first-order valence-corrected chi connectivity index (χ1v) is 5.98. The molecule has 0 saturated carbocycles. The van der Waals surface area contributed by atoms with Gasteiger partial charge in [0.2, 0.25) is 0 Å². The van der Waals surface area contributed by atoms with Gasteiger partial charge in [-0.2, -0.15) is 4.99 Å². The van der Waals surface area contributed by atoms with E-state index in [9.17, 15) is 13.2 Å². The van der Waals surface area contributed by atoms with Crippen LogP contribution >= 0.6 is 0 Å². The van der Waals surface area contributed by atoms with Crippen LogP contribution in [0.5, 0.6) is 0 Å². The van der Waals surface area contributed by atoms with Crippen LogP contribution < -0.4 is 11.1 Å². The highest BCUT2D eigenvalue weighted by atomic mass is 32.2. The van der Waals surface area contributed by atoms with Crippen molar-refractivity contribution in [1.29, 1.82) is 0 Å². The number of rotatable bonds is 0. The van der Waals surface area contributed by atoms with E-state index in [0.29, 0.717) is 6.42 Å². The number of carbonyl (C=O) groups is 1. The topological polar surface area (TPSA) is 102 Å². The van der Waals surface area contributed by atoms with E-state index in [-0.39, 0.29) is 11.6 Å². The predicted molar refractivity (Wildman–Crippen MR) is 50.8 cm³/mol. The molecule has 1 saturated heterocycles. The lowest BCUT2D eigenvalue weighted by Crippen LogP contribution is -2.57. The van der Waals surface area contributed by atoms with Crippen LogP contribution in [0.4, 0.5) is 4.79 Å². The van der Waals surface area contributed by atoms with E-state index >= 15 is 0 Å². The normalized spacial score (nSPS) is 39.9. The van der Waals surface area contributed by atoms with Crippen molar-refractivity contribution >= 4 is 21.7 Å². The molecule has 7 heteroatoms. The largest absolute Gasteiger partial charge is 0.385 e. The second-order valence-electron chi connectivity index (χ2n) is 3.66. The van der Waals surface area contributed by atoms with Gasteiger partial charge in [0.05, 0.1) is 11.0 Å². The smallest absolute Gasteiger partial charge is 0.343 e. The van der Waals surface area contributed by atoms with Crippen LogP contribution in [-0.4, -0.2) is 36.8 Å². The molecule has 2 rings (SSSR count). The minimum Gasteiger partial charge on any atom is -0.385 e. The minimum absolute atomic E-state index is 0.0463. The molecule has 0 aliphatic carbocycles. The van der Waals surface area contributed by atoms with Gasteiger partial charge in [-0.15, -0.1) is 0 Å². The number of hydrogen-bond donors (Lipinski definition) is 2. The van der Waals surface area contributed by atoms with E-state index < -0.39 is 26.7 Å². The number of urea groups is 1. The third kappa shape index (κ3) is 0.985. The van der Waals surface area contributed by atoms with Gasteiger partial charge in [0.1, 0.15) is 11.4 Å².